The number of hydrogen-bond donors (Lipinski definition) is 10. The summed E-state index contributed by atoms with van der Waals surface area (Å²) < 4.78 is 53.5. The maximum Gasteiger partial charge on any atom is 0.356 e. The average Bonchev–Trinajstić information content (AvgIpc) is 1.65. The summed E-state index contributed by atoms with van der Waals surface area (Å²) in [6.45, 7) is 0. The lowest BCUT2D eigenvalue weighted by Gasteiger charge is -2.30. The van der Waals surface area contributed by atoms with Crippen molar-refractivity contribution in [3.63, 3.8) is 0 Å². The maximum atomic E-state index is 13.3. The monoisotopic (exact) mass is 1700 g/mol. The molecule has 117 heavy (non-hydrogen) atoms. The molecule has 9 atom stereocenters. The van der Waals surface area contributed by atoms with Gasteiger partial charge in [-0.1, -0.05) is 236 Å². The minimum Gasteiger partial charge on any atom is -0.508 e. The van der Waals surface area contributed by atoms with Crippen molar-refractivity contribution in [3.05, 3.63) is 342 Å². The third-order valence-electron chi connectivity index (χ3n) is 20.9. The van der Waals surface area contributed by atoms with Gasteiger partial charge in [0.25, 0.3) is 0 Å². The van der Waals surface area contributed by atoms with E-state index in [9.17, 15) is 68.4 Å². The van der Waals surface area contributed by atoms with Gasteiger partial charge in [0.15, 0.2) is 0 Å². The van der Waals surface area contributed by atoms with E-state index in [1.807, 2.05) is 140 Å². The number of phenols is 5. The topological polar surface area (TPSA) is 229 Å². The van der Waals surface area contributed by atoms with Crippen LogP contribution >= 0.6 is 79.5 Å². The molecule has 12 aromatic carbocycles. The predicted molar refractivity (Wildman–Crippen MR) is 478 cm³/mol. The van der Waals surface area contributed by atoms with Crippen LogP contribution in [0.15, 0.2) is 291 Å². The summed E-state index contributed by atoms with van der Waals surface area (Å²) in [6.07, 6.45) is 3.96. The van der Waals surface area contributed by atoms with Gasteiger partial charge in [-0.15, -0.1) is 0 Å². The first-order valence-electron chi connectivity index (χ1n) is 38.1. The van der Waals surface area contributed by atoms with Crippen LogP contribution in [0.1, 0.15) is 128 Å². The van der Waals surface area contributed by atoms with E-state index in [1.165, 1.54) is 48.5 Å². The second-order valence-electron chi connectivity index (χ2n) is 28.7. The fraction of sp³-hybridized carbons (Fsp3) is 0.194. The molecule has 0 spiro atoms. The Balaban J connectivity index is 0.000000153. The van der Waals surface area contributed by atoms with Crippen LogP contribution in [0.2, 0.25) is 0 Å². The molecule has 3 saturated heterocycles. The molecule has 10 N–H and O–H groups in total. The first kappa shape index (κ1) is 85.1. The summed E-state index contributed by atoms with van der Waals surface area (Å²) in [6, 6.07) is 83.3. The summed E-state index contributed by atoms with van der Waals surface area (Å²) >= 11 is 22.3. The highest BCUT2D eigenvalue weighted by atomic mass is 32.2. The Labute approximate surface area is 706 Å². The van der Waals surface area contributed by atoms with Gasteiger partial charge in [0, 0.05) is 49.5 Å². The molecule has 0 aliphatic carbocycles. The predicted octanol–water partition coefficient (Wildman–Crippen LogP) is 22.4. The smallest absolute Gasteiger partial charge is 0.356 e. The average molecular weight is 1700 g/mol. The number of aliphatic hydroxyl groups excluding tert-OH is 3. The number of para-hydroxylation sites is 3. The highest BCUT2D eigenvalue weighted by Gasteiger charge is 2.44. The van der Waals surface area contributed by atoms with Crippen LogP contribution in [0.3, 0.4) is 0 Å². The van der Waals surface area contributed by atoms with E-state index in [4.69, 9.17) is 36.7 Å². The fourth-order valence-corrected chi connectivity index (χ4v) is 21.2. The molecule has 12 aromatic rings. The second kappa shape index (κ2) is 39.2. The van der Waals surface area contributed by atoms with Crippen molar-refractivity contribution in [2.45, 2.75) is 110 Å². The molecule has 4 unspecified atom stereocenters. The Morgan fingerprint density at radius 3 is 0.880 bits per heavy atom. The summed E-state index contributed by atoms with van der Waals surface area (Å²) in [4.78, 5) is 25.1. The molecule has 600 valence electrons. The molecule has 0 radical (unpaired) electrons. The lowest BCUT2D eigenvalue weighted by Crippen LogP contribution is -2.29. The van der Waals surface area contributed by atoms with Gasteiger partial charge in [0.05, 0.1) is 41.7 Å². The van der Waals surface area contributed by atoms with Gasteiger partial charge >= 0.3 is 7.60 Å². The van der Waals surface area contributed by atoms with E-state index in [-0.39, 0.29) is 85.4 Å². The van der Waals surface area contributed by atoms with E-state index in [0.29, 0.717) is 63.4 Å². The molecule has 0 aromatic heterocycles. The summed E-state index contributed by atoms with van der Waals surface area (Å²) in [5.41, 5.74) is 11.8. The molecular weight excluding hydrogens is 1620 g/mol. The fourth-order valence-electron chi connectivity index (χ4n) is 15.1. The van der Waals surface area contributed by atoms with Crippen LogP contribution in [-0.2, 0) is 4.57 Å². The summed E-state index contributed by atoms with van der Waals surface area (Å²) in [5, 5.41) is 85.4. The van der Waals surface area contributed by atoms with Crippen LogP contribution < -0.4 is 20.0 Å². The number of halogens is 3. The number of rotatable bonds is 25. The quantitative estimate of drug-likeness (QED) is 0.0189. The summed E-state index contributed by atoms with van der Waals surface area (Å²) in [5.74, 6) is -0.231. The zero-order valence-corrected chi connectivity index (χ0v) is 68.8. The van der Waals surface area contributed by atoms with Crippen molar-refractivity contribution < 1.29 is 68.4 Å². The number of nitrogens with zero attached hydrogens (tertiary/aromatic N) is 3. The molecule has 0 bridgehead atoms. The molecule has 24 heteroatoms. The lowest BCUT2D eigenvalue weighted by atomic mass is 9.93. The minimum atomic E-state index is -4.35. The number of phenolic OH excluding ortho intramolecular Hbond substituents is 5. The number of anilines is 3. The van der Waals surface area contributed by atoms with Gasteiger partial charge in [0.2, 0.25) is 0 Å². The Bertz CT molecular complexity index is 5240. The van der Waals surface area contributed by atoms with Crippen LogP contribution in [0.5, 0.6) is 28.7 Å². The highest BCUT2D eigenvalue weighted by molar-refractivity contribution is 8.25. The number of hydrogen-bond acceptors (Lipinski definition) is 15. The van der Waals surface area contributed by atoms with Crippen molar-refractivity contribution in [3.8, 4) is 62.1 Å². The van der Waals surface area contributed by atoms with Gasteiger partial charge in [0.1, 0.15) is 59.2 Å². The SMILES string of the molecule is O=P(O)(O)c1ccc(-c2ccc(C3C(CCCC(O)c4ccc(F)cc4)SC(=S)N3c3ccccc3)c(O)c2)cc1.Oc1cccc(-c2ccc([C@@H]3[C@@H](CCCC(O)c4ccc(F)cc4)SC(=S)N3c3ccccc3)c(O)c2)c1.Oc1cccc(-c2ccc([C@@H]3[C@@H](CCC[C@@H](O)c4ccc(F)cc4)SC(=S)N3c3ccccc3)c(O)c2)c1. The molecule has 0 saturated carbocycles. The number of aromatic hydroxyl groups is 5. The number of thioether (sulfide) groups is 3. The summed E-state index contributed by atoms with van der Waals surface area (Å²) in [7, 11) is -4.35. The molecule has 3 aliphatic rings. The van der Waals surface area contributed by atoms with Gasteiger partial charge in [-0.3, -0.25) is 4.57 Å². The number of thiocarbonyl (C=S) groups is 3. The Hall–Kier alpha value is -9.82. The van der Waals surface area contributed by atoms with Crippen LogP contribution in [0.25, 0.3) is 33.4 Å². The first-order chi connectivity index (χ1) is 56.4. The normalized spacial score (nSPS) is 18.1. The second-order valence-corrected chi connectivity index (χ2v) is 35.9. The van der Waals surface area contributed by atoms with Crippen molar-refractivity contribution >= 4 is 115 Å². The minimum absolute atomic E-state index is 0.00223. The molecular formula is C93H85F3N3O11PS6. The number of aliphatic hydroxyl groups is 3. The lowest BCUT2D eigenvalue weighted by molar-refractivity contribution is 0.163. The highest BCUT2D eigenvalue weighted by Crippen LogP contribution is 2.53. The zero-order valence-electron chi connectivity index (χ0n) is 63.0. The third kappa shape index (κ3) is 21.2. The van der Waals surface area contributed by atoms with Gasteiger partial charge in [-0.25, -0.2) is 13.2 Å². The van der Waals surface area contributed by atoms with Crippen molar-refractivity contribution in [1.82, 2.24) is 0 Å². The van der Waals surface area contributed by atoms with Crippen LogP contribution in [0.4, 0.5) is 30.2 Å². The third-order valence-corrected chi connectivity index (χ3v) is 27.0. The molecule has 3 fully saturated rings. The van der Waals surface area contributed by atoms with Crippen molar-refractivity contribution in [1.29, 1.82) is 0 Å². The Kier molecular flexibility index (Phi) is 28.5. The number of benzene rings is 12. The van der Waals surface area contributed by atoms with E-state index >= 15 is 0 Å². The molecule has 14 nitrogen and oxygen atoms in total. The standard InChI is InChI=1S/C31H29FNO5PS2.2C31H28FNO3S2/c32-23-14-9-21(10-15-23)27(34)7-4-8-29-30(33(31(40)41-29)24-5-2-1-3-6-24)26-18-13-22(19-28(26)35)20-11-16-25(17-12-20)39(36,37)38;2*32-23-15-12-20(13-16-23)27(35)10-5-11-29-30(33(31(37)38-29)24-7-2-1-3-8-24)26-17-14-22(19-28(26)36)21-6-4-9-25(34)18-21/h1-3,5-6,9-19,27,29-30,34-35H,4,7-8H2,(H2,36,37,38);2*1-4,6-9,12-19,27,29-30,34-36H,5,10-11H2/t;27?,29-,30-;27-,29-,30-/m.11/s1. The van der Waals surface area contributed by atoms with Crippen LogP contribution in [0, 0.1) is 17.5 Å². The largest absolute Gasteiger partial charge is 0.508 e. The van der Waals surface area contributed by atoms with E-state index < -0.39 is 25.9 Å². The Morgan fingerprint density at radius 1 is 0.333 bits per heavy atom. The molecule has 3 aliphatic heterocycles. The molecule has 15 rings (SSSR count). The van der Waals surface area contributed by atoms with E-state index in [1.54, 1.807) is 138 Å². The van der Waals surface area contributed by atoms with E-state index in [2.05, 4.69) is 14.7 Å². The van der Waals surface area contributed by atoms with Gasteiger partial charge in [-0.05, 0) is 235 Å². The van der Waals surface area contributed by atoms with Crippen LogP contribution in [-0.4, -0.2) is 79.4 Å². The zero-order chi connectivity index (χ0) is 82.4. The maximum absolute atomic E-state index is 13.3. The van der Waals surface area contributed by atoms with Crippen molar-refractivity contribution in [2.24, 2.45) is 0 Å². The first-order valence-corrected chi connectivity index (χ1v) is 43.6. The Morgan fingerprint density at radius 2 is 0.607 bits per heavy atom. The van der Waals surface area contributed by atoms with Gasteiger partial charge in [-0.2, -0.15) is 0 Å². The van der Waals surface area contributed by atoms with E-state index in [0.717, 1.165) is 91.2 Å². The van der Waals surface area contributed by atoms with Crippen molar-refractivity contribution in [2.75, 3.05) is 14.7 Å². The molecule has 0 amide bonds. The molecule has 3 heterocycles. The van der Waals surface area contributed by atoms with Gasteiger partial charge < -0.3 is 65.3 Å².